The summed E-state index contributed by atoms with van der Waals surface area (Å²) >= 11 is 0. The Kier molecular flexibility index (Phi) is 4.33. The van der Waals surface area contributed by atoms with Gasteiger partial charge in [0.05, 0.1) is 6.61 Å². The maximum absolute atomic E-state index is 11.9. The fourth-order valence-electron chi connectivity index (χ4n) is 2.57. The minimum Gasteiger partial charge on any atom is -0.490 e. The Morgan fingerprint density at radius 2 is 2.15 bits per heavy atom. The molecule has 4 heteroatoms. The van der Waals surface area contributed by atoms with E-state index >= 15 is 0 Å². The Morgan fingerprint density at radius 3 is 2.80 bits per heavy atom. The van der Waals surface area contributed by atoms with E-state index in [1.807, 2.05) is 18.2 Å². The molecule has 2 rings (SSSR count). The highest BCUT2D eigenvalue weighted by Crippen LogP contribution is 2.32. The number of nitrogens with two attached hydrogens (primary N) is 1. The molecule has 0 heterocycles. The van der Waals surface area contributed by atoms with Crippen LogP contribution >= 0.6 is 0 Å². The van der Waals surface area contributed by atoms with Crippen LogP contribution in [0.3, 0.4) is 0 Å². The minimum atomic E-state index is -0.888. The number of benzene rings is 1. The van der Waals surface area contributed by atoms with Crippen LogP contribution < -0.4 is 10.5 Å². The summed E-state index contributed by atoms with van der Waals surface area (Å²) in [5.41, 5.74) is 7.68. The lowest BCUT2D eigenvalue weighted by Gasteiger charge is -2.21. The minimum absolute atomic E-state index is 0.0217. The Labute approximate surface area is 120 Å². The van der Waals surface area contributed by atoms with Gasteiger partial charge in [0.25, 0.3) is 0 Å². The summed E-state index contributed by atoms with van der Waals surface area (Å²) in [4.78, 5) is 11.9. The predicted octanol–water partition coefficient (Wildman–Crippen LogP) is 2.50. The van der Waals surface area contributed by atoms with Crippen LogP contribution in [0.15, 0.2) is 18.2 Å². The van der Waals surface area contributed by atoms with Gasteiger partial charge in [-0.1, -0.05) is 6.07 Å². The molecule has 0 amide bonds. The van der Waals surface area contributed by atoms with Crippen molar-refractivity contribution in [3.05, 3.63) is 29.3 Å². The zero-order valence-corrected chi connectivity index (χ0v) is 12.4. The van der Waals surface area contributed by atoms with E-state index in [9.17, 15) is 4.79 Å². The molecule has 2 unspecified atom stereocenters. The average Bonchev–Trinajstić information content (AvgIpc) is 2.77. The number of esters is 1. The standard InChI is InChI=1S/C16H23NO3/c1-4-19-15(18)16(17)8-7-14(10-16)20-13-6-5-11(2)12(3)9-13/h5-6,9,14H,4,7-8,10,17H2,1-3H3. The second kappa shape index (κ2) is 5.83. The molecule has 2 N–H and O–H groups in total. The fraction of sp³-hybridized carbons (Fsp3) is 0.562. The first-order chi connectivity index (χ1) is 9.44. The van der Waals surface area contributed by atoms with Gasteiger partial charge in [0.15, 0.2) is 0 Å². The lowest BCUT2D eigenvalue weighted by atomic mass is 9.99. The SMILES string of the molecule is CCOC(=O)C1(N)CCC(Oc2ccc(C)c(C)c2)C1. The van der Waals surface area contributed by atoms with E-state index in [-0.39, 0.29) is 12.1 Å². The lowest BCUT2D eigenvalue weighted by molar-refractivity contribution is -0.149. The van der Waals surface area contributed by atoms with Gasteiger partial charge in [-0.05, 0) is 56.9 Å². The number of carbonyl (C=O) groups is 1. The molecular formula is C16H23NO3. The third-order valence-electron chi connectivity index (χ3n) is 3.97. The van der Waals surface area contributed by atoms with E-state index in [0.29, 0.717) is 19.4 Å². The van der Waals surface area contributed by atoms with Crippen molar-refractivity contribution in [2.24, 2.45) is 5.73 Å². The number of hydrogen-bond acceptors (Lipinski definition) is 4. The number of carbonyl (C=O) groups excluding carboxylic acids is 1. The van der Waals surface area contributed by atoms with Gasteiger partial charge >= 0.3 is 5.97 Å². The molecule has 1 aliphatic rings. The van der Waals surface area contributed by atoms with Crippen molar-refractivity contribution in [1.82, 2.24) is 0 Å². The molecule has 0 aliphatic heterocycles. The van der Waals surface area contributed by atoms with E-state index in [4.69, 9.17) is 15.2 Å². The average molecular weight is 277 g/mol. The van der Waals surface area contributed by atoms with E-state index in [2.05, 4.69) is 13.8 Å². The van der Waals surface area contributed by atoms with Crippen LogP contribution in [0, 0.1) is 13.8 Å². The van der Waals surface area contributed by atoms with Crippen molar-refractivity contribution >= 4 is 5.97 Å². The van der Waals surface area contributed by atoms with Crippen LogP contribution in [0.25, 0.3) is 0 Å². The first-order valence-corrected chi connectivity index (χ1v) is 7.14. The van der Waals surface area contributed by atoms with Crippen molar-refractivity contribution in [2.45, 2.75) is 51.7 Å². The molecule has 2 atom stereocenters. The second-order valence-electron chi connectivity index (χ2n) is 5.61. The highest BCUT2D eigenvalue weighted by atomic mass is 16.5. The molecule has 0 bridgehead atoms. The Bertz CT molecular complexity index is 500. The molecule has 0 saturated heterocycles. The van der Waals surface area contributed by atoms with Crippen LogP contribution in [0.4, 0.5) is 0 Å². The summed E-state index contributed by atoms with van der Waals surface area (Å²) in [6.07, 6.45) is 1.88. The summed E-state index contributed by atoms with van der Waals surface area (Å²) in [7, 11) is 0. The van der Waals surface area contributed by atoms with E-state index in [1.54, 1.807) is 6.92 Å². The topological polar surface area (TPSA) is 61.5 Å². The maximum atomic E-state index is 11.9. The van der Waals surface area contributed by atoms with Gasteiger partial charge in [0.1, 0.15) is 17.4 Å². The van der Waals surface area contributed by atoms with Crippen molar-refractivity contribution < 1.29 is 14.3 Å². The molecule has 1 fully saturated rings. The number of hydrogen-bond donors (Lipinski definition) is 1. The van der Waals surface area contributed by atoms with Crippen molar-refractivity contribution in [3.63, 3.8) is 0 Å². The van der Waals surface area contributed by atoms with Crippen molar-refractivity contribution in [3.8, 4) is 5.75 Å². The lowest BCUT2D eigenvalue weighted by Crippen LogP contribution is -2.47. The summed E-state index contributed by atoms with van der Waals surface area (Å²) in [5.74, 6) is 0.525. The third-order valence-corrected chi connectivity index (χ3v) is 3.97. The first-order valence-electron chi connectivity index (χ1n) is 7.14. The van der Waals surface area contributed by atoms with E-state index in [1.165, 1.54) is 11.1 Å². The van der Waals surface area contributed by atoms with Crippen molar-refractivity contribution in [1.29, 1.82) is 0 Å². The quantitative estimate of drug-likeness (QED) is 0.859. The van der Waals surface area contributed by atoms with Gasteiger partial charge in [-0.15, -0.1) is 0 Å². The molecule has 20 heavy (non-hydrogen) atoms. The summed E-state index contributed by atoms with van der Waals surface area (Å²) in [5, 5.41) is 0. The van der Waals surface area contributed by atoms with Crippen LogP contribution in [-0.2, 0) is 9.53 Å². The van der Waals surface area contributed by atoms with Crippen LogP contribution in [0.2, 0.25) is 0 Å². The third kappa shape index (κ3) is 3.12. The fourth-order valence-corrected chi connectivity index (χ4v) is 2.57. The molecule has 1 saturated carbocycles. The number of ether oxygens (including phenoxy) is 2. The van der Waals surface area contributed by atoms with Crippen LogP contribution in [0.1, 0.15) is 37.3 Å². The van der Waals surface area contributed by atoms with Crippen molar-refractivity contribution in [2.75, 3.05) is 6.61 Å². The summed E-state index contributed by atoms with van der Waals surface area (Å²) in [6.45, 7) is 6.28. The van der Waals surface area contributed by atoms with Gasteiger partial charge in [0, 0.05) is 6.42 Å². The van der Waals surface area contributed by atoms with Gasteiger partial charge < -0.3 is 15.2 Å². The van der Waals surface area contributed by atoms with E-state index in [0.717, 1.165) is 12.2 Å². The molecule has 110 valence electrons. The molecule has 0 aromatic heterocycles. The molecular weight excluding hydrogens is 254 g/mol. The summed E-state index contributed by atoms with van der Waals surface area (Å²) in [6, 6.07) is 6.03. The monoisotopic (exact) mass is 277 g/mol. The number of aryl methyl sites for hydroxylation is 2. The van der Waals surface area contributed by atoms with Gasteiger partial charge in [-0.2, -0.15) is 0 Å². The Morgan fingerprint density at radius 1 is 1.40 bits per heavy atom. The number of rotatable bonds is 4. The Balaban J connectivity index is 1.99. The molecule has 1 aromatic rings. The maximum Gasteiger partial charge on any atom is 0.326 e. The zero-order chi connectivity index (χ0) is 14.8. The highest BCUT2D eigenvalue weighted by Gasteiger charge is 2.44. The molecule has 0 spiro atoms. The molecule has 4 nitrogen and oxygen atoms in total. The smallest absolute Gasteiger partial charge is 0.326 e. The largest absolute Gasteiger partial charge is 0.490 e. The van der Waals surface area contributed by atoms with Gasteiger partial charge in [0.2, 0.25) is 0 Å². The first kappa shape index (κ1) is 14.9. The van der Waals surface area contributed by atoms with Crippen LogP contribution in [-0.4, -0.2) is 24.2 Å². The zero-order valence-electron chi connectivity index (χ0n) is 12.4. The normalized spacial score (nSPS) is 25.5. The van der Waals surface area contributed by atoms with Crippen LogP contribution in [0.5, 0.6) is 5.75 Å². The van der Waals surface area contributed by atoms with Gasteiger partial charge in [-0.3, -0.25) is 4.79 Å². The Hall–Kier alpha value is -1.55. The van der Waals surface area contributed by atoms with Gasteiger partial charge in [-0.25, -0.2) is 0 Å². The predicted molar refractivity (Wildman–Crippen MR) is 77.7 cm³/mol. The second-order valence-corrected chi connectivity index (χ2v) is 5.61. The van der Waals surface area contributed by atoms with E-state index < -0.39 is 5.54 Å². The highest BCUT2D eigenvalue weighted by molar-refractivity contribution is 5.81. The molecule has 1 aliphatic carbocycles. The molecule has 1 aromatic carbocycles. The summed E-state index contributed by atoms with van der Waals surface area (Å²) < 4.78 is 11.0. The molecule has 0 radical (unpaired) electrons.